The summed E-state index contributed by atoms with van der Waals surface area (Å²) in [4.78, 5) is 9.74. The Kier molecular flexibility index (Phi) is 3.94. The van der Waals surface area contributed by atoms with Crippen LogP contribution in [-0.4, -0.2) is 20.5 Å². The third-order valence-corrected chi connectivity index (χ3v) is 3.55. The molecule has 0 saturated carbocycles. The van der Waals surface area contributed by atoms with Gasteiger partial charge in [0.15, 0.2) is 0 Å². The van der Waals surface area contributed by atoms with E-state index in [1.807, 2.05) is 0 Å². The first kappa shape index (κ1) is 13.7. The van der Waals surface area contributed by atoms with E-state index >= 15 is 0 Å². The van der Waals surface area contributed by atoms with E-state index in [-0.39, 0.29) is 11.4 Å². The Balaban J connectivity index is 3.62. The summed E-state index contributed by atoms with van der Waals surface area (Å²) in [6.07, 6.45) is 0.384. The molecule has 0 aliphatic rings. The molecule has 0 unspecified atom stereocenters. The summed E-state index contributed by atoms with van der Waals surface area (Å²) in [5.74, 6) is 0.00227. The fourth-order valence-corrected chi connectivity index (χ4v) is 2.39. The van der Waals surface area contributed by atoms with Gasteiger partial charge in [-0.1, -0.05) is 6.92 Å². The van der Waals surface area contributed by atoms with Crippen molar-refractivity contribution in [3.8, 4) is 5.75 Å². The number of nitro benzene ring substituents is 1. The smallest absolute Gasteiger partial charge is 0.274 e. The predicted octanol–water partition coefficient (Wildman–Crippen LogP) is 2.09. The Morgan fingerprint density at radius 2 is 2.06 bits per heavy atom. The van der Waals surface area contributed by atoms with Crippen LogP contribution in [-0.2, 0) is 15.5 Å². The number of hydrogen-bond donors (Lipinski definition) is 0. The van der Waals surface area contributed by atoms with Crippen LogP contribution in [0.15, 0.2) is 17.0 Å². The van der Waals surface area contributed by atoms with Gasteiger partial charge < -0.3 is 4.74 Å². The van der Waals surface area contributed by atoms with Gasteiger partial charge in [-0.05, 0) is 12.5 Å². The fraction of sp³-hybridized carbons (Fsp3) is 0.333. The zero-order valence-corrected chi connectivity index (χ0v) is 10.7. The average molecular weight is 280 g/mol. The van der Waals surface area contributed by atoms with Gasteiger partial charge in [0.25, 0.3) is 14.7 Å². The van der Waals surface area contributed by atoms with E-state index in [1.165, 1.54) is 13.2 Å². The Labute approximate surface area is 103 Å². The molecule has 1 aromatic rings. The summed E-state index contributed by atoms with van der Waals surface area (Å²) in [6, 6.07) is 2.23. The first-order valence-corrected chi connectivity index (χ1v) is 6.92. The SMILES string of the molecule is CCc1cc(OC)c(S(=O)(=O)Cl)cc1[N+](=O)[O-]. The van der Waals surface area contributed by atoms with Crippen molar-refractivity contribution in [1.29, 1.82) is 0 Å². The van der Waals surface area contributed by atoms with E-state index in [9.17, 15) is 18.5 Å². The van der Waals surface area contributed by atoms with Crippen LogP contribution < -0.4 is 4.74 Å². The predicted molar refractivity (Wildman–Crippen MR) is 62.1 cm³/mol. The summed E-state index contributed by atoms with van der Waals surface area (Å²) < 4.78 is 27.4. The molecule has 0 bridgehead atoms. The molecular formula is C9H10ClNO5S. The number of nitrogens with zero attached hydrogens (tertiary/aromatic N) is 1. The van der Waals surface area contributed by atoms with E-state index in [4.69, 9.17) is 15.4 Å². The maximum atomic E-state index is 11.2. The molecule has 1 rings (SSSR count). The molecule has 0 spiro atoms. The minimum atomic E-state index is -4.08. The average Bonchev–Trinajstić information content (AvgIpc) is 2.25. The molecule has 0 fully saturated rings. The van der Waals surface area contributed by atoms with Crippen LogP contribution in [0.2, 0.25) is 0 Å². The van der Waals surface area contributed by atoms with Crippen molar-refractivity contribution >= 4 is 25.4 Å². The molecule has 94 valence electrons. The van der Waals surface area contributed by atoms with Gasteiger partial charge in [-0.15, -0.1) is 0 Å². The minimum absolute atomic E-state index is 0.00227. The van der Waals surface area contributed by atoms with Gasteiger partial charge in [0.1, 0.15) is 10.6 Å². The van der Waals surface area contributed by atoms with E-state index in [0.29, 0.717) is 12.0 Å². The largest absolute Gasteiger partial charge is 0.495 e. The Morgan fingerprint density at radius 1 is 1.47 bits per heavy atom. The second-order valence-corrected chi connectivity index (χ2v) is 5.71. The lowest BCUT2D eigenvalue weighted by atomic mass is 10.1. The van der Waals surface area contributed by atoms with Gasteiger partial charge in [0.2, 0.25) is 0 Å². The fourth-order valence-electron chi connectivity index (χ4n) is 1.39. The minimum Gasteiger partial charge on any atom is -0.495 e. The maximum Gasteiger partial charge on any atom is 0.274 e. The van der Waals surface area contributed by atoms with Crippen molar-refractivity contribution in [2.75, 3.05) is 7.11 Å². The van der Waals surface area contributed by atoms with Gasteiger partial charge in [0.05, 0.1) is 12.0 Å². The number of methoxy groups -OCH3 is 1. The molecular weight excluding hydrogens is 270 g/mol. The molecule has 8 heteroatoms. The topological polar surface area (TPSA) is 86.5 Å². The number of rotatable bonds is 4. The van der Waals surface area contributed by atoms with Crippen LogP contribution in [0.5, 0.6) is 5.75 Å². The molecule has 0 heterocycles. The maximum absolute atomic E-state index is 11.2. The highest BCUT2D eigenvalue weighted by molar-refractivity contribution is 8.13. The molecule has 0 atom stereocenters. The quantitative estimate of drug-likeness (QED) is 0.478. The number of hydrogen-bond acceptors (Lipinski definition) is 5. The van der Waals surface area contributed by atoms with Crippen LogP contribution >= 0.6 is 10.7 Å². The van der Waals surface area contributed by atoms with Crippen LogP contribution in [0.1, 0.15) is 12.5 Å². The molecule has 1 aromatic carbocycles. The monoisotopic (exact) mass is 279 g/mol. The summed E-state index contributed by atoms with van der Waals surface area (Å²) in [5, 5.41) is 10.8. The molecule has 0 amide bonds. The number of aryl methyl sites for hydroxylation is 1. The van der Waals surface area contributed by atoms with Crippen molar-refractivity contribution in [1.82, 2.24) is 0 Å². The van der Waals surface area contributed by atoms with Gasteiger partial charge >= 0.3 is 0 Å². The van der Waals surface area contributed by atoms with Crippen LogP contribution in [0.25, 0.3) is 0 Å². The third-order valence-electron chi connectivity index (χ3n) is 2.21. The zero-order chi connectivity index (χ0) is 13.2. The van der Waals surface area contributed by atoms with Gasteiger partial charge in [-0.2, -0.15) is 0 Å². The molecule has 0 saturated heterocycles. The van der Waals surface area contributed by atoms with Gasteiger partial charge in [0, 0.05) is 22.3 Å². The molecule has 6 nitrogen and oxygen atoms in total. The first-order valence-electron chi connectivity index (χ1n) is 4.61. The lowest BCUT2D eigenvalue weighted by Gasteiger charge is -2.08. The van der Waals surface area contributed by atoms with E-state index in [1.54, 1.807) is 6.92 Å². The lowest BCUT2D eigenvalue weighted by molar-refractivity contribution is -0.385. The second kappa shape index (κ2) is 4.89. The first-order chi connectivity index (χ1) is 7.81. The number of nitro groups is 1. The van der Waals surface area contributed by atoms with E-state index in [2.05, 4.69) is 0 Å². The molecule has 0 aliphatic heterocycles. The highest BCUT2D eigenvalue weighted by Crippen LogP contribution is 2.33. The normalized spacial score (nSPS) is 11.2. The lowest BCUT2D eigenvalue weighted by Crippen LogP contribution is -2.01. The van der Waals surface area contributed by atoms with Crippen molar-refractivity contribution in [2.45, 2.75) is 18.2 Å². The molecule has 0 aromatic heterocycles. The molecule has 0 radical (unpaired) electrons. The van der Waals surface area contributed by atoms with E-state index in [0.717, 1.165) is 6.07 Å². The van der Waals surface area contributed by atoms with E-state index < -0.39 is 18.9 Å². The summed E-state index contributed by atoms with van der Waals surface area (Å²) in [6.45, 7) is 1.72. The van der Waals surface area contributed by atoms with Gasteiger partial charge in [-0.3, -0.25) is 10.1 Å². The Hall–Kier alpha value is -1.34. The third kappa shape index (κ3) is 2.86. The van der Waals surface area contributed by atoms with Crippen molar-refractivity contribution < 1.29 is 18.1 Å². The highest BCUT2D eigenvalue weighted by atomic mass is 35.7. The molecule has 0 N–H and O–H groups in total. The molecule has 17 heavy (non-hydrogen) atoms. The number of halogens is 1. The Morgan fingerprint density at radius 3 is 2.41 bits per heavy atom. The van der Waals surface area contributed by atoms with Gasteiger partial charge in [-0.25, -0.2) is 8.42 Å². The van der Waals surface area contributed by atoms with Crippen molar-refractivity contribution in [3.05, 3.63) is 27.8 Å². The number of ether oxygens (including phenoxy) is 1. The van der Waals surface area contributed by atoms with Crippen molar-refractivity contribution in [2.24, 2.45) is 0 Å². The Bertz CT molecular complexity index is 555. The standard InChI is InChI=1S/C9H10ClNO5S/c1-3-6-4-8(16-2)9(17(10,14)15)5-7(6)11(12)13/h4-5H,3H2,1-2H3. The zero-order valence-electron chi connectivity index (χ0n) is 9.14. The van der Waals surface area contributed by atoms with Crippen LogP contribution in [0, 0.1) is 10.1 Å². The van der Waals surface area contributed by atoms with Crippen molar-refractivity contribution in [3.63, 3.8) is 0 Å². The molecule has 0 aliphatic carbocycles. The van der Waals surface area contributed by atoms with Crippen LogP contribution in [0.3, 0.4) is 0 Å². The summed E-state index contributed by atoms with van der Waals surface area (Å²) in [7, 11) is 2.37. The second-order valence-electron chi connectivity index (χ2n) is 3.18. The number of benzene rings is 1. The van der Waals surface area contributed by atoms with Crippen LogP contribution in [0.4, 0.5) is 5.69 Å². The highest BCUT2D eigenvalue weighted by Gasteiger charge is 2.24. The summed E-state index contributed by atoms with van der Waals surface area (Å²) in [5.41, 5.74) is 0.100. The summed E-state index contributed by atoms with van der Waals surface area (Å²) >= 11 is 0.